The third-order valence-corrected chi connectivity index (χ3v) is 2.49. The third kappa shape index (κ3) is 1.69. The zero-order valence-corrected chi connectivity index (χ0v) is 8.52. The number of hydrogen-bond donors (Lipinski definition) is 2. The van der Waals surface area contributed by atoms with Gasteiger partial charge < -0.3 is 10.2 Å². The van der Waals surface area contributed by atoms with Crippen LogP contribution in [0, 0.1) is 0 Å². The van der Waals surface area contributed by atoms with E-state index in [9.17, 15) is 18.7 Å². The van der Waals surface area contributed by atoms with Crippen molar-refractivity contribution in [2.24, 2.45) is 0 Å². The van der Waals surface area contributed by atoms with Crippen LogP contribution in [-0.4, -0.2) is 16.2 Å². The largest absolute Gasteiger partial charge is 0.507 e. The molecule has 0 heterocycles. The molecule has 2 aromatic carbocycles. The molecule has 17 heavy (non-hydrogen) atoms. The Labute approximate surface area is 94.9 Å². The van der Waals surface area contributed by atoms with Gasteiger partial charge in [-0.15, -0.1) is 0 Å². The van der Waals surface area contributed by atoms with Crippen molar-refractivity contribution in [3.05, 3.63) is 42.0 Å². The zero-order chi connectivity index (χ0) is 12.6. The maximum Gasteiger partial charge on any atom is 0.379 e. The molecule has 0 spiro atoms. The van der Waals surface area contributed by atoms with Crippen molar-refractivity contribution < 1.29 is 23.8 Å². The van der Waals surface area contributed by atoms with E-state index >= 15 is 0 Å². The Morgan fingerprint density at radius 1 is 1.12 bits per heavy atom. The molecule has 0 aliphatic carbocycles. The summed E-state index contributed by atoms with van der Waals surface area (Å²) in [7, 11) is 0. The number of aliphatic carboxylic acids is 1. The SMILES string of the molecule is O=C(O)C(F)(F)c1c(O)ccc2ccccc12. The second-order valence-electron chi connectivity index (χ2n) is 3.56. The summed E-state index contributed by atoms with van der Waals surface area (Å²) < 4.78 is 27.0. The first-order valence-electron chi connectivity index (χ1n) is 4.77. The zero-order valence-electron chi connectivity index (χ0n) is 8.52. The van der Waals surface area contributed by atoms with Gasteiger partial charge in [-0.25, -0.2) is 4.79 Å². The maximum atomic E-state index is 13.5. The molecule has 0 fully saturated rings. The minimum atomic E-state index is -4.12. The normalized spacial score (nSPS) is 11.6. The van der Waals surface area contributed by atoms with Crippen molar-refractivity contribution in [2.45, 2.75) is 5.92 Å². The third-order valence-electron chi connectivity index (χ3n) is 2.49. The summed E-state index contributed by atoms with van der Waals surface area (Å²) in [6, 6.07) is 8.57. The fourth-order valence-corrected chi connectivity index (χ4v) is 1.70. The molecule has 0 saturated heterocycles. The topological polar surface area (TPSA) is 57.5 Å². The Hall–Kier alpha value is -2.17. The molecule has 2 aromatic rings. The van der Waals surface area contributed by atoms with Crippen molar-refractivity contribution in [3.63, 3.8) is 0 Å². The van der Waals surface area contributed by atoms with E-state index in [2.05, 4.69) is 0 Å². The number of halogens is 2. The first-order chi connectivity index (χ1) is 7.94. The van der Waals surface area contributed by atoms with Crippen molar-refractivity contribution in [1.29, 1.82) is 0 Å². The predicted molar refractivity (Wildman–Crippen MR) is 57.1 cm³/mol. The Kier molecular flexibility index (Phi) is 2.46. The van der Waals surface area contributed by atoms with Gasteiger partial charge in [0.05, 0.1) is 5.56 Å². The molecule has 0 aromatic heterocycles. The number of phenolic OH excluding ortho intramolecular Hbond substituents is 1. The number of benzene rings is 2. The van der Waals surface area contributed by atoms with E-state index in [1.807, 2.05) is 0 Å². The first kappa shape index (κ1) is 11.3. The fourth-order valence-electron chi connectivity index (χ4n) is 1.70. The van der Waals surface area contributed by atoms with Gasteiger partial charge >= 0.3 is 11.9 Å². The van der Waals surface area contributed by atoms with Gasteiger partial charge in [0.15, 0.2) is 0 Å². The first-order valence-corrected chi connectivity index (χ1v) is 4.77. The Balaban J connectivity index is 2.84. The predicted octanol–water partition coefficient (Wildman–Crippen LogP) is 2.72. The van der Waals surface area contributed by atoms with E-state index in [-0.39, 0.29) is 5.39 Å². The van der Waals surface area contributed by atoms with Crippen LogP contribution in [0.25, 0.3) is 10.8 Å². The lowest BCUT2D eigenvalue weighted by Crippen LogP contribution is -2.25. The lowest BCUT2D eigenvalue weighted by Gasteiger charge is -2.15. The van der Waals surface area contributed by atoms with Crippen LogP contribution in [0.5, 0.6) is 5.75 Å². The molecule has 0 aliphatic heterocycles. The van der Waals surface area contributed by atoms with Crippen molar-refractivity contribution in [1.82, 2.24) is 0 Å². The lowest BCUT2D eigenvalue weighted by atomic mass is 9.98. The highest BCUT2D eigenvalue weighted by Crippen LogP contribution is 2.39. The molecule has 0 atom stereocenters. The molecule has 0 bridgehead atoms. The van der Waals surface area contributed by atoms with Crippen LogP contribution in [0.2, 0.25) is 0 Å². The monoisotopic (exact) mass is 238 g/mol. The van der Waals surface area contributed by atoms with Gasteiger partial charge in [0.25, 0.3) is 0 Å². The van der Waals surface area contributed by atoms with Gasteiger partial charge in [-0.3, -0.25) is 0 Å². The average molecular weight is 238 g/mol. The maximum absolute atomic E-state index is 13.5. The smallest absolute Gasteiger partial charge is 0.379 e. The van der Waals surface area contributed by atoms with E-state index in [0.717, 1.165) is 6.07 Å². The van der Waals surface area contributed by atoms with Gasteiger partial charge in [0.2, 0.25) is 0 Å². The minimum absolute atomic E-state index is 0.0277. The Morgan fingerprint density at radius 2 is 1.76 bits per heavy atom. The van der Waals surface area contributed by atoms with E-state index in [1.54, 1.807) is 12.1 Å². The Morgan fingerprint density at radius 3 is 2.41 bits per heavy atom. The minimum Gasteiger partial charge on any atom is -0.507 e. The van der Waals surface area contributed by atoms with Crippen LogP contribution in [0.4, 0.5) is 8.78 Å². The highest BCUT2D eigenvalue weighted by atomic mass is 19.3. The molecular weight excluding hydrogens is 230 g/mol. The molecule has 2 N–H and O–H groups in total. The van der Waals surface area contributed by atoms with E-state index in [4.69, 9.17) is 5.11 Å². The summed E-state index contributed by atoms with van der Waals surface area (Å²) in [5.74, 6) is -7.13. The van der Waals surface area contributed by atoms with Crippen LogP contribution < -0.4 is 0 Å². The molecule has 0 radical (unpaired) electrons. The number of carbonyl (C=O) groups is 1. The fraction of sp³-hybridized carbons (Fsp3) is 0.0833. The molecule has 88 valence electrons. The van der Waals surface area contributed by atoms with E-state index in [0.29, 0.717) is 5.39 Å². The summed E-state index contributed by atoms with van der Waals surface area (Å²) in [4.78, 5) is 10.6. The van der Waals surface area contributed by atoms with Gasteiger partial charge in [-0.05, 0) is 16.8 Å². The van der Waals surface area contributed by atoms with Gasteiger partial charge in [-0.1, -0.05) is 30.3 Å². The van der Waals surface area contributed by atoms with Crippen LogP contribution in [0.15, 0.2) is 36.4 Å². The molecule has 2 rings (SSSR count). The number of alkyl halides is 2. The quantitative estimate of drug-likeness (QED) is 0.845. The second kappa shape index (κ2) is 3.69. The number of fused-ring (bicyclic) bond motifs is 1. The number of phenols is 1. The molecule has 3 nitrogen and oxygen atoms in total. The Bertz CT molecular complexity index is 593. The van der Waals surface area contributed by atoms with Gasteiger partial charge in [-0.2, -0.15) is 8.78 Å². The molecule has 0 aliphatic rings. The summed E-state index contributed by atoms with van der Waals surface area (Å²) in [5, 5.41) is 18.4. The number of hydrogen-bond acceptors (Lipinski definition) is 2. The lowest BCUT2D eigenvalue weighted by molar-refractivity contribution is -0.166. The highest BCUT2D eigenvalue weighted by Gasteiger charge is 2.44. The van der Waals surface area contributed by atoms with E-state index < -0.39 is 23.2 Å². The molecule has 0 amide bonds. The average Bonchev–Trinajstić information content (AvgIpc) is 2.28. The number of carboxylic acids is 1. The van der Waals surface area contributed by atoms with Crippen molar-refractivity contribution in [2.75, 3.05) is 0 Å². The highest BCUT2D eigenvalue weighted by molar-refractivity contribution is 5.93. The van der Waals surface area contributed by atoms with Crippen molar-refractivity contribution in [3.8, 4) is 5.75 Å². The number of rotatable bonds is 2. The van der Waals surface area contributed by atoms with Crippen LogP contribution in [0.1, 0.15) is 5.56 Å². The molecular formula is C12H8F2O3. The summed E-state index contributed by atoms with van der Waals surface area (Å²) in [5.41, 5.74) is -0.872. The van der Waals surface area contributed by atoms with Crippen molar-refractivity contribution >= 4 is 16.7 Å². The molecule has 0 unspecified atom stereocenters. The van der Waals surface area contributed by atoms with Crippen LogP contribution >= 0.6 is 0 Å². The van der Waals surface area contributed by atoms with Crippen LogP contribution in [-0.2, 0) is 10.7 Å². The van der Waals surface area contributed by atoms with E-state index in [1.165, 1.54) is 18.2 Å². The van der Waals surface area contributed by atoms with Crippen LogP contribution in [0.3, 0.4) is 0 Å². The van der Waals surface area contributed by atoms with Gasteiger partial charge in [0.1, 0.15) is 5.75 Å². The number of aromatic hydroxyl groups is 1. The summed E-state index contributed by atoms with van der Waals surface area (Å²) in [6.45, 7) is 0. The molecule has 0 saturated carbocycles. The number of carboxylic acid groups (broad SMARTS) is 1. The molecule has 5 heteroatoms. The summed E-state index contributed by atoms with van der Waals surface area (Å²) in [6.07, 6.45) is 0. The standard InChI is InChI=1S/C12H8F2O3/c13-12(14,11(16)17)10-8-4-2-1-3-7(8)5-6-9(10)15/h1-6,15H,(H,16,17). The van der Waals surface area contributed by atoms with Gasteiger partial charge in [0, 0.05) is 0 Å². The second-order valence-corrected chi connectivity index (χ2v) is 3.56. The summed E-state index contributed by atoms with van der Waals surface area (Å²) >= 11 is 0.